The number of rotatable bonds is 9. The van der Waals surface area contributed by atoms with Gasteiger partial charge in [-0.3, -0.25) is 9.59 Å². The van der Waals surface area contributed by atoms with E-state index in [-0.39, 0.29) is 17.9 Å². The molecule has 5 heteroatoms. The van der Waals surface area contributed by atoms with Gasteiger partial charge in [0.05, 0.1) is 4.88 Å². The first-order valence-electron chi connectivity index (χ1n) is 13.5. The second-order valence-corrected chi connectivity index (χ2v) is 11.3. The lowest BCUT2D eigenvalue weighted by molar-refractivity contribution is -0.126. The van der Waals surface area contributed by atoms with E-state index in [9.17, 15) is 9.59 Å². The first-order valence-corrected chi connectivity index (χ1v) is 14.3. The van der Waals surface area contributed by atoms with E-state index < -0.39 is 6.04 Å². The molecule has 1 aromatic carbocycles. The first-order chi connectivity index (χ1) is 17.0. The Labute approximate surface area is 214 Å². The van der Waals surface area contributed by atoms with Crippen molar-refractivity contribution < 1.29 is 9.59 Å². The smallest absolute Gasteiger partial charge is 0.264 e. The minimum atomic E-state index is -0.628. The van der Waals surface area contributed by atoms with Crippen molar-refractivity contribution in [2.75, 3.05) is 6.54 Å². The van der Waals surface area contributed by atoms with Crippen LogP contribution in [0, 0.1) is 0 Å². The maximum absolute atomic E-state index is 13.9. The van der Waals surface area contributed by atoms with Gasteiger partial charge < -0.3 is 10.2 Å². The number of hydrogen-bond donors (Lipinski definition) is 1. The molecule has 0 spiro atoms. The van der Waals surface area contributed by atoms with Gasteiger partial charge in [0.25, 0.3) is 5.91 Å². The van der Waals surface area contributed by atoms with E-state index in [0.717, 1.165) is 50.5 Å². The van der Waals surface area contributed by atoms with Gasteiger partial charge in [-0.05, 0) is 73.4 Å². The molecule has 1 N–H and O–H groups in total. The molecule has 0 saturated heterocycles. The fourth-order valence-corrected chi connectivity index (χ4v) is 6.03. The van der Waals surface area contributed by atoms with Crippen molar-refractivity contribution in [3.8, 4) is 0 Å². The number of carbonyl (C=O) groups is 2. The van der Waals surface area contributed by atoms with E-state index in [0.29, 0.717) is 17.3 Å². The molecule has 1 fully saturated rings. The maximum Gasteiger partial charge on any atom is 0.264 e. The summed E-state index contributed by atoms with van der Waals surface area (Å²) in [5.41, 5.74) is 3.55. The summed E-state index contributed by atoms with van der Waals surface area (Å²) in [5, 5.41) is 5.26. The molecule has 1 aromatic heterocycles. The summed E-state index contributed by atoms with van der Waals surface area (Å²) in [4.78, 5) is 30.2. The van der Waals surface area contributed by atoms with Gasteiger partial charge in [0, 0.05) is 12.6 Å². The second kappa shape index (κ2) is 12.5. The lowest BCUT2D eigenvalue weighted by atomic mass is 9.93. The summed E-state index contributed by atoms with van der Waals surface area (Å²) < 4.78 is 0. The lowest BCUT2D eigenvalue weighted by Crippen LogP contribution is -2.47. The van der Waals surface area contributed by atoms with Crippen LogP contribution < -0.4 is 5.32 Å². The van der Waals surface area contributed by atoms with Crippen LogP contribution in [0.15, 0.2) is 53.4 Å². The van der Waals surface area contributed by atoms with Crippen LogP contribution >= 0.6 is 11.3 Å². The van der Waals surface area contributed by atoms with E-state index in [4.69, 9.17) is 0 Å². The van der Waals surface area contributed by atoms with E-state index >= 15 is 0 Å². The summed E-state index contributed by atoms with van der Waals surface area (Å²) >= 11 is 1.45. The third kappa shape index (κ3) is 6.84. The van der Waals surface area contributed by atoms with E-state index in [1.807, 2.05) is 22.4 Å². The fourth-order valence-electron chi connectivity index (χ4n) is 5.35. The van der Waals surface area contributed by atoms with Crippen LogP contribution in [0.3, 0.4) is 0 Å². The molecule has 188 valence electrons. The molecule has 2 aromatic rings. The maximum atomic E-state index is 13.9. The molecular weight excluding hydrogens is 452 g/mol. The highest BCUT2D eigenvalue weighted by Crippen LogP contribution is 2.30. The summed E-state index contributed by atoms with van der Waals surface area (Å²) in [7, 11) is 0. The third-order valence-electron chi connectivity index (χ3n) is 7.48. The minimum Gasteiger partial charge on any atom is -0.351 e. The number of benzene rings is 1. The average molecular weight is 493 g/mol. The lowest BCUT2D eigenvalue weighted by Gasteiger charge is -2.34. The zero-order valence-electron chi connectivity index (χ0n) is 21.3. The van der Waals surface area contributed by atoms with Gasteiger partial charge >= 0.3 is 0 Å². The number of nitrogens with zero attached hydrogens (tertiary/aromatic N) is 1. The van der Waals surface area contributed by atoms with E-state index in [2.05, 4.69) is 49.5 Å². The van der Waals surface area contributed by atoms with Crippen molar-refractivity contribution in [3.63, 3.8) is 0 Å². The molecule has 0 unspecified atom stereocenters. The topological polar surface area (TPSA) is 49.4 Å². The number of amides is 2. The molecule has 2 amide bonds. The van der Waals surface area contributed by atoms with Crippen molar-refractivity contribution in [1.82, 2.24) is 10.2 Å². The summed E-state index contributed by atoms with van der Waals surface area (Å²) in [6, 6.07) is 11.7. The average Bonchev–Trinajstić information content (AvgIpc) is 3.42. The standard InChI is InChI=1S/C30H40N2O2S/c1-22(2)24-15-17-25(18-16-24)28(29(33)31-26-12-7-4-8-13-26)32(30(34)27-14-9-21-35-27)20-19-23-10-5-3-6-11-23/h9-10,14-18,21-22,26,28H,3-8,11-13,19-20H2,1-2H3,(H,31,33)/t28-/m1/s1. The summed E-state index contributed by atoms with van der Waals surface area (Å²) in [5.74, 6) is 0.325. The fraction of sp³-hybridized carbons (Fsp3) is 0.533. The Morgan fingerprint density at radius 1 is 1.00 bits per heavy atom. The highest BCUT2D eigenvalue weighted by Gasteiger charge is 2.33. The summed E-state index contributed by atoms with van der Waals surface area (Å²) in [6.45, 7) is 4.90. The van der Waals surface area contributed by atoms with Crippen LogP contribution in [0.2, 0.25) is 0 Å². The molecule has 2 aliphatic carbocycles. The second-order valence-electron chi connectivity index (χ2n) is 10.4. The van der Waals surface area contributed by atoms with Gasteiger partial charge in [-0.25, -0.2) is 0 Å². The zero-order chi connectivity index (χ0) is 24.6. The normalized spacial score (nSPS) is 17.6. The Bertz CT molecular complexity index is 988. The molecule has 1 atom stereocenters. The van der Waals surface area contributed by atoms with Crippen LogP contribution in [-0.2, 0) is 4.79 Å². The van der Waals surface area contributed by atoms with Crippen molar-refractivity contribution in [3.05, 3.63) is 69.4 Å². The SMILES string of the molecule is CC(C)c1ccc([C@H](C(=O)NC2CCCCC2)N(CCC2=CCCCC2)C(=O)c2cccs2)cc1. The highest BCUT2D eigenvalue weighted by atomic mass is 32.1. The Morgan fingerprint density at radius 3 is 2.37 bits per heavy atom. The monoisotopic (exact) mass is 492 g/mol. The molecule has 1 saturated carbocycles. The number of hydrogen-bond acceptors (Lipinski definition) is 3. The van der Waals surface area contributed by atoms with Gasteiger partial charge in [-0.2, -0.15) is 0 Å². The molecule has 1 heterocycles. The quantitative estimate of drug-likeness (QED) is 0.371. The first kappa shape index (κ1) is 25.7. The van der Waals surface area contributed by atoms with Crippen LogP contribution in [0.1, 0.15) is 111 Å². The van der Waals surface area contributed by atoms with Gasteiger partial charge in [0.1, 0.15) is 6.04 Å². The van der Waals surface area contributed by atoms with Gasteiger partial charge in [-0.1, -0.05) is 75.1 Å². The zero-order valence-corrected chi connectivity index (χ0v) is 22.1. The Hall–Kier alpha value is -2.40. The van der Waals surface area contributed by atoms with Crippen LogP contribution in [0.25, 0.3) is 0 Å². The van der Waals surface area contributed by atoms with Crippen molar-refractivity contribution >= 4 is 23.2 Å². The van der Waals surface area contributed by atoms with Crippen LogP contribution in [-0.4, -0.2) is 29.3 Å². The molecule has 0 bridgehead atoms. The Balaban J connectivity index is 1.65. The molecule has 35 heavy (non-hydrogen) atoms. The Morgan fingerprint density at radius 2 is 1.74 bits per heavy atom. The molecule has 2 aliphatic rings. The minimum absolute atomic E-state index is 0.0447. The van der Waals surface area contributed by atoms with Gasteiger partial charge in [-0.15, -0.1) is 11.3 Å². The summed E-state index contributed by atoms with van der Waals surface area (Å²) in [6.07, 6.45) is 13.5. The van der Waals surface area contributed by atoms with Gasteiger partial charge in [0.2, 0.25) is 5.91 Å². The van der Waals surface area contributed by atoms with Crippen molar-refractivity contribution in [1.29, 1.82) is 0 Å². The largest absolute Gasteiger partial charge is 0.351 e. The third-order valence-corrected chi connectivity index (χ3v) is 8.34. The van der Waals surface area contributed by atoms with Crippen LogP contribution in [0.4, 0.5) is 0 Å². The number of carbonyl (C=O) groups excluding carboxylic acids is 2. The molecule has 0 radical (unpaired) electrons. The van der Waals surface area contributed by atoms with Crippen molar-refractivity contribution in [2.45, 2.75) is 96.1 Å². The molecular formula is C30H40N2O2S. The Kier molecular flexibility index (Phi) is 9.19. The highest BCUT2D eigenvalue weighted by molar-refractivity contribution is 7.12. The predicted molar refractivity (Wildman–Crippen MR) is 145 cm³/mol. The predicted octanol–water partition coefficient (Wildman–Crippen LogP) is 7.39. The van der Waals surface area contributed by atoms with Crippen molar-refractivity contribution in [2.24, 2.45) is 0 Å². The van der Waals surface area contributed by atoms with Gasteiger partial charge in [0.15, 0.2) is 0 Å². The molecule has 4 nitrogen and oxygen atoms in total. The van der Waals surface area contributed by atoms with Crippen LogP contribution in [0.5, 0.6) is 0 Å². The van der Waals surface area contributed by atoms with E-state index in [1.54, 1.807) is 0 Å². The molecule has 0 aliphatic heterocycles. The number of nitrogens with one attached hydrogen (secondary N) is 1. The molecule has 4 rings (SSSR count). The van der Waals surface area contributed by atoms with E-state index in [1.165, 1.54) is 41.7 Å². The number of thiophene rings is 1. The number of allylic oxidation sites excluding steroid dienone is 1.